The molecule has 0 aliphatic carbocycles. The number of nitrogens with one attached hydrogen (secondary N) is 2. The van der Waals surface area contributed by atoms with Crippen molar-refractivity contribution in [2.24, 2.45) is 12.0 Å². The number of amides is 1. The number of hydrogen-bond donors (Lipinski definition) is 2. The van der Waals surface area contributed by atoms with Crippen molar-refractivity contribution in [2.45, 2.75) is 13.0 Å². The Labute approximate surface area is 178 Å². The average molecular weight is 429 g/mol. The molecule has 0 radical (unpaired) electrons. The number of aromatic nitrogens is 1. The van der Waals surface area contributed by atoms with Crippen LogP contribution in [0.5, 0.6) is 5.75 Å². The van der Waals surface area contributed by atoms with E-state index in [-0.39, 0.29) is 24.0 Å². The Bertz CT molecular complexity index is 1130. The summed E-state index contributed by atoms with van der Waals surface area (Å²) in [5.74, 6) is 0.145. The van der Waals surface area contributed by atoms with Crippen LogP contribution in [0.2, 0.25) is 0 Å². The predicted octanol–water partition coefficient (Wildman–Crippen LogP) is 1.25. The van der Waals surface area contributed by atoms with E-state index in [1.165, 1.54) is 21.6 Å². The van der Waals surface area contributed by atoms with Gasteiger partial charge in [-0.15, -0.1) is 0 Å². The summed E-state index contributed by atoms with van der Waals surface area (Å²) in [6.07, 6.45) is 2.55. The number of halogens is 1. The van der Waals surface area contributed by atoms with Crippen LogP contribution in [0.3, 0.4) is 0 Å². The molecular weight excluding hydrogens is 405 g/mol. The van der Waals surface area contributed by atoms with Crippen LogP contribution in [-0.4, -0.2) is 60.7 Å². The van der Waals surface area contributed by atoms with Crippen LogP contribution in [0.1, 0.15) is 5.56 Å². The zero-order valence-corrected chi connectivity index (χ0v) is 17.4. The lowest BCUT2D eigenvalue weighted by Crippen LogP contribution is -2.36. The quantitative estimate of drug-likeness (QED) is 0.643. The summed E-state index contributed by atoms with van der Waals surface area (Å²) in [5, 5.41) is 7.00. The molecule has 0 spiro atoms. The molecule has 164 valence electrons. The first kappa shape index (κ1) is 20.9. The average Bonchev–Trinajstić information content (AvgIpc) is 3.13. The van der Waals surface area contributed by atoms with Crippen molar-refractivity contribution in [2.75, 3.05) is 32.8 Å². The third-order valence-electron chi connectivity index (χ3n) is 5.25. The Hall–Kier alpha value is -3.40. The highest BCUT2D eigenvalue weighted by molar-refractivity contribution is 5.87. The minimum absolute atomic E-state index is 0.0527. The van der Waals surface area contributed by atoms with Gasteiger partial charge in [-0.25, -0.2) is 9.18 Å². The SMILES string of the molecule is Cc1cc(=O)n(C)c2c(OCCNC[C@H]3CN(C4=CN=CCN4)C(=O)O3)c(F)ccc12. The van der Waals surface area contributed by atoms with Crippen molar-refractivity contribution >= 4 is 23.2 Å². The molecule has 0 saturated carbocycles. The molecule has 1 atom stereocenters. The molecule has 2 N–H and O–H groups in total. The predicted molar refractivity (Wildman–Crippen MR) is 114 cm³/mol. The summed E-state index contributed by atoms with van der Waals surface area (Å²) in [6, 6.07) is 4.50. The molecule has 31 heavy (non-hydrogen) atoms. The van der Waals surface area contributed by atoms with Crippen molar-refractivity contribution < 1.29 is 18.7 Å². The molecular formula is C21H24FN5O4. The fourth-order valence-corrected chi connectivity index (χ4v) is 3.65. The number of aryl methyl sites for hydroxylation is 2. The summed E-state index contributed by atoms with van der Waals surface area (Å²) in [4.78, 5) is 29.7. The second kappa shape index (κ2) is 8.76. The monoisotopic (exact) mass is 429 g/mol. The van der Waals surface area contributed by atoms with Gasteiger partial charge in [-0.1, -0.05) is 0 Å². The van der Waals surface area contributed by atoms with Crippen LogP contribution in [0.4, 0.5) is 9.18 Å². The van der Waals surface area contributed by atoms with E-state index in [1.807, 2.05) is 6.92 Å². The van der Waals surface area contributed by atoms with Crippen molar-refractivity contribution in [3.8, 4) is 5.75 Å². The Kier molecular flexibility index (Phi) is 5.90. The number of aliphatic imine (C=N–C) groups is 1. The van der Waals surface area contributed by atoms with Crippen LogP contribution >= 0.6 is 0 Å². The number of fused-ring (bicyclic) bond motifs is 1. The molecule has 0 unspecified atom stereocenters. The van der Waals surface area contributed by atoms with Crippen LogP contribution in [0.25, 0.3) is 10.9 Å². The molecule has 1 aromatic carbocycles. The van der Waals surface area contributed by atoms with E-state index in [0.717, 1.165) is 10.9 Å². The van der Waals surface area contributed by atoms with Gasteiger partial charge in [0.1, 0.15) is 18.5 Å². The molecule has 10 heteroatoms. The zero-order chi connectivity index (χ0) is 22.0. The van der Waals surface area contributed by atoms with Crippen molar-refractivity contribution in [3.05, 3.63) is 52.0 Å². The van der Waals surface area contributed by atoms with Gasteiger partial charge in [0.05, 0.1) is 24.8 Å². The van der Waals surface area contributed by atoms with Crippen molar-refractivity contribution in [1.82, 2.24) is 20.1 Å². The molecule has 1 aromatic heterocycles. The van der Waals surface area contributed by atoms with Gasteiger partial charge in [-0.3, -0.25) is 14.7 Å². The first-order valence-electron chi connectivity index (χ1n) is 10.0. The van der Waals surface area contributed by atoms with Gasteiger partial charge in [0.2, 0.25) is 0 Å². The Morgan fingerprint density at radius 1 is 1.39 bits per heavy atom. The lowest BCUT2D eigenvalue weighted by Gasteiger charge is -2.19. The molecule has 1 amide bonds. The third kappa shape index (κ3) is 4.24. The third-order valence-corrected chi connectivity index (χ3v) is 5.25. The van der Waals surface area contributed by atoms with E-state index in [1.54, 1.807) is 25.5 Å². The fourth-order valence-electron chi connectivity index (χ4n) is 3.65. The van der Waals surface area contributed by atoms with E-state index in [9.17, 15) is 14.0 Å². The van der Waals surface area contributed by atoms with Crippen LogP contribution in [0.15, 0.2) is 40.0 Å². The molecule has 9 nitrogen and oxygen atoms in total. The van der Waals surface area contributed by atoms with Gasteiger partial charge >= 0.3 is 6.09 Å². The number of pyridine rings is 1. The van der Waals surface area contributed by atoms with Gasteiger partial charge in [-0.05, 0) is 24.6 Å². The molecule has 3 heterocycles. The van der Waals surface area contributed by atoms with Crippen molar-refractivity contribution in [1.29, 1.82) is 0 Å². The Morgan fingerprint density at radius 3 is 3.00 bits per heavy atom. The van der Waals surface area contributed by atoms with Crippen LogP contribution in [0, 0.1) is 12.7 Å². The lowest BCUT2D eigenvalue weighted by atomic mass is 10.1. The second-order valence-corrected chi connectivity index (χ2v) is 7.39. The molecule has 2 aliphatic heterocycles. The van der Waals surface area contributed by atoms with Gasteiger partial charge in [-0.2, -0.15) is 0 Å². The molecule has 1 saturated heterocycles. The van der Waals surface area contributed by atoms with Crippen molar-refractivity contribution in [3.63, 3.8) is 0 Å². The normalized spacial score (nSPS) is 18.2. The number of hydrogen-bond acceptors (Lipinski definition) is 7. The molecule has 4 rings (SSSR count). The van der Waals surface area contributed by atoms with E-state index < -0.39 is 11.9 Å². The highest BCUT2D eigenvalue weighted by Crippen LogP contribution is 2.29. The number of ether oxygens (including phenoxy) is 2. The second-order valence-electron chi connectivity index (χ2n) is 7.39. The number of benzene rings is 1. The van der Waals surface area contributed by atoms with Crippen LogP contribution in [-0.2, 0) is 11.8 Å². The topological polar surface area (TPSA) is 97.2 Å². The summed E-state index contributed by atoms with van der Waals surface area (Å²) < 4.78 is 26.9. The molecule has 1 fully saturated rings. The number of cyclic esters (lactones) is 1. The number of carbonyl (C=O) groups excluding carboxylic acids is 1. The van der Waals surface area contributed by atoms with E-state index >= 15 is 0 Å². The van der Waals surface area contributed by atoms with Gasteiger partial charge in [0.25, 0.3) is 5.56 Å². The van der Waals surface area contributed by atoms with E-state index in [0.29, 0.717) is 37.5 Å². The fraction of sp³-hybridized carbons (Fsp3) is 0.381. The Balaban J connectivity index is 1.33. The summed E-state index contributed by atoms with van der Waals surface area (Å²) >= 11 is 0. The van der Waals surface area contributed by atoms with Gasteiger partial charge in [0.15, 0.2) is 11.6 Å². The minimum atomic E-state index is -0.524. The van der Waals surface area contributed by atoms with Crippen LogP contribution < -0.4 is 20.9 Å². The molecule has 2 aliphatic rings. The summed E-state index contributed by atoms with van der Waals surface area (Å²) in [7, 11) is 1.59. The number of carbonyl (C=O) groups is 1. The lowest BCUT2D eigenvalue weighted by molar-refractivity contribution is 0.133. The number of rotatable bonds is 7. The highest BCUT2D eigenvalue weighted by atomic mass is 19.1. The molecule has 0 bridgehead atoms. The van der Waals surface area contributed by atoms with E-state index in [4.69, 9.17) is 9.47 Å². The standard InChI is InChI=1S/C21H24FN5O4/c1-13-9-18(28)26(2)19-15(13)3-4-16(22)20(19)30-8-7-24-10-14-12-27(21(29)31-14)17-11-23-5-6-25-17/h3-5,9,11,14,24-25H,6-8,10,12H2,1-2H3/t14-/m0/s1. The smallest absolute Gasteiger partial charge is 0.415 e. The van der Waals surface area contributed by atoms with E-state index in [2.05, 4.69) is 15.6 Å². The highest BCUT2D eigenvalue weighted by Gasteiger charge is 2.33. The maximum atomic E-state index is 14.4. The maximum Gasteiger partial charge on any atom is 0.415 e. The first-order valence-corrected chi connectivity index (χ1v) is 10.0. The van der Waals surface area contributed by atoms with Gasteiger partial charge in [0, 0.05) is 37.8 Å². The number of nitrogens with zero attached hydrogens (tertiary/aromatic N) is 3. The minimum Gasteiger partial charge on any atom is -0.487 e. The molecule has 2 aromatic rings. The first-order chi connectivity index (χ1) is 15.0. The Morgan fingerprint density at radius 2 is 2.23 bits per heavy atom. The van der Waals surface area contributed by atoms with Gasteiger partial charge < -0.3 is 24.7 Å². The maximum absolute atomic E-state index is 14.4. The largest absolute Gasteiger partial charge is 0.487 e. The zero-order valence-electron chi connectivity index (χ0n) is 17.4. The summed E-state index contributed by atoms with van der Waals surface area (Å²) in [6.45, 7) is 3.80. The summed E-state index contributed by atoms with van der Waals surface area (Å²) in [5.41, 5.74) is 0.975.